The third kappa shape index (κ3) is 4.49. The Morgan fingerprint density at radius 1 is 1.29 bits per heavy atom. The van der Waals surface area contributed by atoms with E-state index in [4.69, 9.17) is 18.0 Å². The van der Waals surface area contributed by atoms with E-state index in [0.717, 1.165) is 6.26 Å². The first-order valence-corrected chi connectivity index (χ1v) is 9.14. The van der Waals surface area contributed by atoms with Crippen LogP contribution in [0, 0.1) is 5.92 Å². The summed E-state index contributed by atoms with van der Waals surface area (Å²) in [7, 11) is -7.27. The number of nitrogens with two attached hydrogens (primary N) is 1. The standard InChI is InChI=1S/C8H16N2O4S3/c1-16(11,12)6-17(13,14)10-4-2-7(3-5-10)8(9)15/h7H,2-6H2,1H3,(H2,9,15). The molecule has 1 saturated heterocycles. The maximum atomic E-state index is 11.8. The van der Waals surface area contributed by atoms with Gasteiger partial charge in [0, 0.05) is 25.3 Å². The molecule has 0 radical (unpaired) electrons. The lowest BCUT2D eigenvalue weighted by molar-refractivity contribution is 0.318. The van der Waals surface area contributed by atoms with Crippen LogP contribution in [0.4, 0.5) is 0 Å². The summed E-state index contributed by atoms with van der Waals surface area (Å²) in [5.74, 6) is 0.0506. The Labute approximate surface area is 107 Å². The van der Waals surface area contributed by atoms with Gasteiger partial charge in [-0.25, -0.2) is 21.1 Å². The molecule has 2 N–H and O–H groups in total. The zero-order chi connectivity index (χ0) is 13.3. The molecule has 0 aliphatic carbocycles. The summed E-state index contributed by atoms with van der Waals surface area (Å²) in [5.41, 5.74) is 5.49. The van der Waals surface area contributed by atoms with Crippen LogP contribution in [0.1, 0.15) is 12.8 Å². The average Bonchev–Trinajstić information content (AvgIpc) is 2.14. The molecule has 1 aliphatic heterocycles. The zero-order valence-corrected chi connectivity index (χ0v) is 11.9. The number of nitrogens with zero attached hydrogens (tertiary/aromatic N) is 1. The van der Waals surface area contributed by atoms with Crippen molar-refractivity contribution in [3.05, 3.63) is 0 Å². The van der Waals surface area contributed by atoms with Gasteiger partial charge in [0.05, 0.1) is 4.99 Å². The van der Waals surface area contributed by atoms with Crippen molar-refractivity contribution < 1.29 is 16.8 Å². The lowest BCUT2D eigenvalue weighted by atomic mass is 9.98. The third-order valence-electron chi connectivity index (χ3n) is 2.61. The molecule has 0 amide bonds. The molecule has 0 atom stereocenters. The Balaban J connectivity index is 2.69. The summed E-state index contributed by atoms with van der Waals surface area (Å²) >= 11 is 4.85. The maximum Gasteiger partial charge on any atom is 0.228 e. The summed E-state index contributed by atoms with van der Waals surface area (Å²) in [6, 6.07) is 0. The quantitative estimate of drug-likeness (QED) is 0.691. The number of hydrogen-bond acceptors (Lipinski definition) is 5. The molecular weight excluding hydrogens is 284 g/mol. The fourth-order valence-corrected chi connectivity index (χ4v) is 5.53. The van der Waals surface area contributed by atoms with Gasteiger partial charge in [-0.3, -0.25) is 0 Å². The van der Waals surface area contributed by atoms with Crippen molar-refractivity contribution in [2.75, 3.05) is 24.4 Å². The van der Waals surface area contributed by atoms with Crippen molar-refractivity contribution in [1.82, 2.24) is 4.31 Å². The average molecular weight is 300 g/mol. The van der Waals surface area contributed by atoms with Crippen LogP contribution in [0.25, 0.3) is 0 Å². The fraction of sp³-hybridized carbons (Fsp3) is 0.875. The molecule has 0 aromatic heterocycles. The molecule has 6 nitrogen and oxygen atoms in total. The second-order valence-electron chi connectivity index (χ2n) is 4.23. The van der Waals surface area contributed by atoms with Gasteiger partial charge in [-0.05, 0) is 12.8 Å². The minimum absolute atomic E-state index is 0.0506. The molecule has 1 heterocycles. The topological polar surface area (TPSA) is 97.5 Å². The minimum Gasteiger partial charge on any atom is -0.393 e. The first-order chi connectivity index (χ1) is 7.62. The minimum atomic E-state index is -3.73. The monoisotopic (exact) mass is 300 g/mol. The first kappa shape index (κ1) is 14.8. The van der Waals surface area contributed by atoms with Crippen molar-refractivity contribution in [1.29, 1.82) is 0 Å². The van der Waals surface area contributed by atoms with Gasteiger partial charge < -0.3 is 5.73 Å². The van der Waals surface area contributed by atoms with Gasteiger partial charge in [0.1, 0.15) is 0 Å². The molecule has 100 valence electrons. The van der Waals surface area contributed by atoms with Crippen LogP contribution in [0.3, 0.4) is 0 Å². The summed E-state index contributed by atoms with van der Waals surface area (Å²) in [4.78, 5) is 0.394. The highest BCUT2D eigenvalue weighted by Crippen LogP contribution is 2.20. The number of sulfonamides is 1. The van der Waals surface area contributed by atoms with E-state index >= 15 is 0 Å². The lowest BCUT2D eigenvalue weighted by Crippen LogP contribution is -2.43. The van der Waals surface area contributed by atoms with Crippen LogP contribution in [-0.2, 0) is 19.9 Å². The smallest absolute Gasteiger partial charge is 0.228 e. The largest absolute Gasteiger partial charge is 0.393 e. The van der Waals surface area contributed by atoms with E-state index in [1.807, 2.05) is 0 Å². The van der Waals surface area contributed by atoms with Crippen LogP contribution >= 0.6 is 12.2 Å². The summed E-state index contributed by atoms with van der Waals surface area (Å²) < 4.78 is 46.7. The highest BCUT2D eigenvalue weighted by Gasteiger charge is 2.31. The second-order valence-corrected chi connectivity index (χ2v) is 9.18. The molecule has 0 saturated carbocycles. The number of piperidine rings is 1. The predicted octanol–water partition coefficient (Wildman–Crippen LogP) is -0.684. The van der Waals surface area contributed by atoms with Crippen LogP contribution in [-0.4, -0.2) is 50.6 Å². The highest BCUT2D eigenvalue weighted by molar-refractivity contribution is 8.06. The Morgan fingerprint density at radius 3 is 2.12 bits per heavy atom. The highest BCUT2D eigenvalue weighted by atomic mass is 32.3. The molecule has 0 bridgehead atoms. The van der Waals surface area contributed by atoms with Crippen LogP contribution < -0.4 is 5.73 Å². The van der Waals surface area contributed by atoms with Gasteiger partial charge in [0.25, 0.3) is 0 Å². The molecular formula is C8H16N2O4S3. The van der Waals surface area contributed by atoms with E-state index in [2.05, 4.69) is 0 Å². The SMILES string of the molecule is CS(=O)(=O)CS(=O)(=O)N1CCC(C(N)=S)CC1. The number of sulfone groups is 1. The van der Waals surface area contributed by atoms with Gasteiger partial charge >= 0.3 is 0 Å². The van der Waals surface area contributed by atoms with Crippen LogP contribution in [0.5, 0.6) is 0 Å². The molecule has 1 aliphatic rings. The molecule has 0 spiro atoms. The van der Waals surface area contributed by atoms with Crippen molar-refractivity contribution >= 4 is 37.1 Å². The molecule has 0 unspecified atom stereocenters. The van der Waals surface area contributed by atoms with Gasteiger partial charge in [-0.2, -0.15) is 0 Å². The van der Waals surface area contributed by atoms with Crippen molar-refractivity contribution in [2.24, 2.45) is 11.7 Å². The van der Waals surface area contributed by atoms with Crippen LogP contribution in [0.15, 0.2) is 0 Å². The van der Waals surface area contributed by atoms with E-state index in [-0.39, 0.29) is 19.0 Å². The van der Waals surface area contributed by atoms with Crippen molar-refractivity contribution in [2.45, 2.75) is 12.8 Å². The normalized spacial score (nSPS) is 20.3. The van der Waals surface area contributed by atoms with Gasteiger partial charge in [-0.15, -0.1) is 0 Å². The lowest BCUT2D eigenvalue weighted by Gasteiger charge is -2.30. The Bertz CT molecular complexity index is 489. The Hall–Kier alpha value is -0.250. The second kappa shape index (κ2) is 5.17. The molecule has 17 heavy (non-hydrogen) atoms. The zero-order valence-electron chi connectivity index (χ0n) is 9.50. The summed E-state index contributed by atoms with van der Waals surface area (Å²) in [6.45, 7) is 0.555. The third-order valence-corrected chi connectivity index (χ3v) is 7.00. The van der Waals surface area contributed by atoms with Gasteiger partial charge in [0.2, 0.25) is 10.0 Å². The molecule has 0 aromatic carbocycles. The van der Waals surface area contributed by atoms with Gasteiger partial charge in [0.15, 0.2) is 14.9 Å². The van der Waals surface area contributed by atoms with E-state index < -0.39 is 24.9 Å². The number of rotatable bonds is 4. The number of hydrogen-bond donors (Lipinski definition) is 1. The van der Waals surface area contributed by atoms with E-state index in [1.165, 1.54) is 4.31 Å². The number of thiocarbonyl (C=S) groups is 1. The predicted molar refractivity (Wildman–Crippen MR) is 69.7 cm³/mol. The molecule has 1 fully saturated rings. The van der Waals surface area contributed by atoms with Gasteiger partial charge in [-0.1, -0.05) is 12.2 Å². The Kier molecular flexibility index (Phi) is 4.50. The Morgan fingerprint density at radius 2 is 1.76 bits per heavy atom. The molecule has 0 aromatic rings. The maximum absolute atomic E-state index is 11.8. The van der Waals surface area contributed by atoms with Crippen molar-refractivity contribution in [3.8, 4) is 0 Å². The molecule has 1 rings (SSSR count). The van der Waals surface area contributed by atoms with E-state index in [1.54, 1.807) is 0 Å². The van der Waals surface area contributed by atoms with Crippen LogP contribution in [0.2, 0.25) is 0 Å². The van der Waals surface area contributed by atoms with E-state index in [9.17, 15) is 16.8 Å². The summed E-state index contributed by atoms with van der Waals surface area (Å²) in [6.07, 6.45) is 2.02. The van der Waals surface area contributed by atoms with E-state index in [0.29, 0.717) is 17.8 Å². The van der Waals surface area contributed by atoms with Crippen molar-refractivity contribution in [3.63, 3.8) is 0 Å². The summed E-state index contributed by atoms with van der Waals surface area (Å²) in [5, 5.41) is -0.836. The first-order valence-electron chi connectivity index (χ1n) is 5.07. The fourth-order valence-electron chi connectivity index (χ4n) is 1.76. The molecule has 9 heteroatoms.